The molecule has 0 bridgehead atoms. The lowest BCUT2D eigenvalue weighted by molar-refractivity contribution is -0.288. The van der Waals surface area contributed by atoms with E-state index in [1.54, 1.807) is 12.2 Å². The van der Waals surface area contributed by atoms with Gasteiger partial charge in [0.25, 0.3) is 11.9 Å². The van der Waals surface area contributed by atoms with E-state index in [0.29, 0.717) is 61.8 Å². The molecule has 0 atom stereocenters. The van der Waals surface area contributed by atoms with E-state index < -0.39 is 0 Å². The molecule has 4 rings (SSSR count). The molecule has 2 fully saturated rings. The molecule has 18 heteroatoms. The maximum absolute atomic E-state index is 11.1. The smallest absolute Gasteiger partial charge is 0.267 e. The Morgan fingerprint density at radius 2 is 0.716 bits per heavy atom. The molecule has 18 nitrogen and oxygen atoms in total. The summed E-state index contributed by atoms with van der Waals surface area (Å²) >= 11 is 0. The molecule has 2 aromatic rings. The van der Waals surface area contributed by atoms with Crippen LogP contribution < -0.4 is 21.3 Å². The molecule has 0 radical (unpaired) electrons. The van der Waals surface area contributed by atoms with Crippen LogP contribution in [-0.4, -0.2) is 114 Å². The van der Waals surface area contributed by atoms with Crippen molar-refractivity contribution in [1.29, 1.82) is 0 Å². The highest BCUT2D eigenvalue weighted by molar-refractivity contribution is 5.47. The van der Waals surface area contributed by atoms with Gasteiger partial charge in [-0.2, -0.15) is 40.0 Å². The maximum Gasteiger partial charge on any atom is 0.267 e. The summed E-state index contributed by atoms with van der Waals surface area (Å²) in [5.41, 5.74) is -0.0885. The fourth-order valence-corrected chi connectivity index (χ4v) is 11.9. The van der Waals surface area contributed by atoms with Crippen molar-refractivity contribution in [3.05, 3.63) is 0 Å². The lowest BCUT2D eigenvalue weighted by atomic mass is 9.73. The predicted octanol–water partition coefficient (Wildman–Crippen LogP) is 13.4. The number of unbranched alkanes of at least 4 members (excludes halogenated alkanes) is 15. The van der Waals surface area contributed by atoms with E-state index in [1.165, 1.54) is 64.2 Å². The van der Waals surface area contributed by atoms with Crippen LogP contribution in [0, 0.1) is 11.8 Å². The van der Waals surface area contributed by atoms with Crippen LogP contribution in [0.25, 0.3) is 0 Å². The number of hydrogen-bond donors (Lipinski definition) is 4. The van der Waals surface area contributed by atoms with Gasteiger partial charge >= 0.3 is 0 Å². The molecular weight excluding hydrogens is 933 g/mol. The standard InChI is InChI=1S/C56H100N14O4/c1-11-13-15-17-21-29-37-73-69-53(3,4)39-45(40-54(69,5)6)31-23-27-35-59-49-63-47(65-51(67-49)61-43-71)57-33-25-19-20-26-34-58-48-64-50(68-52(66-48)62-44-72)60-36-28-24-32-46-41-55(7,8)70(56(9,10)42-46)74-38-30-22-18-16-14-12-2/h45-46H,11-42H2,1-10H3,(H2,57,59,63,65,67)(H2,58,60,64,66,68). The Balaban J connectivity index is 1.10. The first kappa shape index (κ1) is 62.4. The van der Waals surface area contributed by atoms with Crippen LogP contribution in [0.2, 0.25) is 0 Å². The molecule has 4 heterocycles. The van der Waals surface area contributed by atoms with Crippen molar-refractivity contribution in [2.24, 2.45) is 21.8 Å². The van der Waals surface area contributed by atoms with E-state index in [0.717, 1.165) is 116 Å². The van der Waals surface area contributed by atoms with Crippen LogP contribution in [0.1, 0.15) is 236 Å². The second-order valence-corrected chi connectivity index (χ2v) is 23.7. The molecule has 0 amide bonds. The summed E-state index contributed by atoms with van der Waals surface area (Å²) < 4.78 is 0. The van der Waals surface area contributed by atoms with Crippen molar-refractivity contribution < 1.29 is 19.3 Å². The minimum atomic E-state index is -0.0221. The first-order valence-corrected chi connectivity index (χ1v) is 29.0. The van der Waals surface area contributed by atoms with Crippen LogP contribution in [0.3, 0.4) is 0 Å². The lowest BCUT2D eigenvalue weighted by Gasteiger charge is -2.54. The maximum atomic E-state index is 11.1. The third kappa shape index (κ3) is 23.0. The van der Waals surface area contributed by atoms with E-state index >= 15 is 0 Å². The number of piperidine rings is 2. The first-order chi connectivity index (χ1) is 35.5. The highest BCUT2D eigenvalue weighted by Crippen LogP contribution is 2.45. The normalized spacial score (nSPS) is 17.6. The van der Waals surface area contributed by atoms with Crippen molar-refractivity contribution in [3.63, 3.8) is 0 Å². The average Bonchev–Trinajstić information content (AvgIpc) is 3.32. The van der Waals surface area contributed by atoms with Gasteiger partial charge in [0, 0.05) is 48.3 Å². The van der Waals surface area contributed by atoms with Gasteiger partial charge in [-0.15, -0.1) is 9.98 Å². The van der Waals surface area contributed by atoms with E-state index in [1.807, 2.05) is 0 Å². The Morgan fingerprint density at radius 3 is 1.03 bits per heavy atom. The van der Waals surface area contributed by atoms with Crippen molar-refractivity contribution in [2.45, 2.75) is 258 Å². The van der Waals surface area contributed by atoms with E-state index in [-0.39, 0.29) is 34.1 Å². The quantitative estimate of drug-likeness (QED) is 0.0279. The number of nitrogens with zero attached hydrogens (tertiary/aromatic N) is 10. The zero-order valence-electron chi connectivity index (χ0n) is 47.9. The highest BCUT2D eigenvalue weighted by Gasteiger charge is 2.47. The number of nitrogens with one attached hydrogen (secondary N) is 4. The molecule has 2 aromatic heterocycles. The number of carbonyl (C=O) groups excluding carboxylic acids is 2. The molecular formula is C56H100N14O4. The molecule has 418 valence electrons. The van der Waals surface area contributed by atoms with Gasteiger partial charge in [0.05, 0.1) is 13.2 Å². The second-order valence-electron chi connectivity index (χ2n) is 23.7. The van der Waals surface area contributed by atoms with Gasteiger partial charge in [0.2, 0.25) is 36.0 Å². The number of hydroxylamine groups is 4. The predicted molar refractivity (Wildman–Crippen MR) is 299 cm³/mol. The number of anilines is 4. The highest BCUT2D eigenvalue weighted by atomic mass is 16.7. The van der Waals surface area contributed by atoms with Crippen LogP contribution >= 0.6 is 0 Å². The van der Waals surface area contributed by atoms with Gasteiger partial charge in [-0.05, 0) is 131 Å². The second kappa shape index (κ2) is 33.1. The molecule has 0 spiro atoms. The zero-order valence-corrected chi connectivity index (χ0v) is 47.9. The largest absolute Gasteiger partial charge is 0.354 e. The summed E-state index contributed by atoms with van der Waals surface area (Å²) in [5.74, 6) is 2.83. The van der Waals surface area contributed by atoms with Gasteiger partial charge < -0.3 is 21.3 Å². The van der Waals surface area contributed by atoms with Crippen LogP contribution in [-0.2, 0) is 19.3 Å². The SMILES string of the molecule is CCCCCCCCON1C(C)(C)CC(CCCCNc2nc(N=C=O)nc(NCCCCCCNc3nc(N=C=O)nc(NCCCCC4CC(C)(C)N(OCCCCCCCC)C(C)(C)C4)n3)n2)CC1(C)C. The summed E-state index contributed by atoms with van der Waals surface area (Å²) in [5, 5.41) is 17.8. The topological polar surface area (TPSA) is 209 Å². The Morgan fingerprint density at radius 1 is 0.432 bits per heavy atom. The van der Waals surface area contributed by atoms with Gasteiger partial charge in [-0.3, -0.25) is 9.68 Å². The molecule has 0 unspecified atom stereocenters. The monoisotopic (exact) mass is 1030 g/mol. The summed E-state index contributed by atoms with van der Waals surface area (Å²) in [7, 11) is 0. The molecule has 0 aromatic carbocycles. The number of hydrogen-bond acceptors (Lipinski definition) is 18. The van der Waals surface area contributed by atoms with Crippen molar-refractivity contribution >= 4 is 47.8 Å². The minimum absolute atomic E-state index is 0.0221. The molecule has 74 heavy (non-hydrogen) atoms. The molecule has 4 N–H and O–H groups in total. The number of isocyanates is 2. The van der Waals surface area contributed by atoms with Gasteiger partial charge in [-0.25, -0.2) is 9.59 Å². The van der Waals surface area contributed by atoms with Crippen LogP contribution in [0.4, 0.5) is 35.7 Å². The molecule has 0 aliphatic carbocycles. The van der Waals surface area contributed by atoms with Gasteiger partial charge in [-0.1, -0.05) is 117 Å². The Labute approximate surface area is 446 Å². The van der Waals surface area contributed by atoms with Crippen molar-refractivity contribution in [1.82, 2.24) is 40.0 Å². The Bertz CT molecular complexity index is 1810. The first-order valence-electron chi connectivity index (χ1n) is 29.0. The third-order valence-corrected chi connectivity index (χ3v) is 14.6. The summed E-state index contributed by atoms with van der Waals surface area (Å²) in [6.07, 6.45) is 32.9. The van der Waals surface area contributed by atoms with E-state index in [2.05, 4.69) is 141 Å². The summed E-state index contributed by atoms with van der Waals surface area (Å²) in [6.45, 7) is 27.4. The van der Waals surface area contributed by atoms with Crippen molar-refractivity contribution in [2.75, 3.05) is 60.7 Å². The van der Waals surface area contributed by atoms with Crippen LogP contribution in [0.15, 0.2) is 9.98 Å². The Hall–Kier alpha value is -4.18. The molecule has 2 aliphatic rings. The lowest BCUT2D eigenvalue weighted by Crippen LogP contribution is -2.60. The van der Waals surface area contributed by atoms with Gasteiger partial charge in [0.1, 0.15) is 0 Å². The minimum Gasteiger partial charge on any atom is -0.354 e. The number of aliphatic imine (C=N–C) groups is 2. The average molecular weight is 1030 g/mol. The zero-order chi connectivity index (χ0) is 53.7. The molecule has 2 saturated heterocycles. The Kier molecular flexibility index (Phi) is 27.9. The van der Waals surface area contributed by atoms with E-state index in [4.69, 9.17) is 9.68 Å². The fraction of sp³-hybridized carbons (Fsp3) is 0.857. The molecule has 2 aliphatic heterocycles. The van der Waals surface area contributed by atoms with Crippen LogP contribution in [0.5, 0.6) is 0 Å². The molecule has 0 saturated carbocycles. The number of aromatic nitrogens is 6. The van der Waals surface area contributed by atoms with Gasteiger partial charge in [0.15, 0.2) is 0 Å². The summed E-state index contributed by atoms with van der Waals surface area (Å²) in [6, 6.07) is 0. The fourth-order valence-electron chi connectivity index (χ4n) is 11.9. The summed E-state index contributed by atoms with van der Waals surface area (Å²) in [4.78, 5) is 68.8. The third-order valence-electron chi connectivity index (χ3n) is 14.6. The van der Waals surface area contributed by atoms with Crippen molar-refractivity contribution in [3.8, 4) is 0 Å². The number of rotatable bonds is 39. The van der Waals surface area contributed by atoms with E-state index in [9.17, 15) is 9.59 Å².